The molecule has 0 aliphatic rings. The van der Waals surface area contributed by atoms with Crippen LogP contribution in [0, 0.1) is 12.3 Å². The Morgan fingerprint density at radius 2 is 2.30 bits per heavy atom. The van der Waals surface area contributed by atoms with E-state index in [-0.39, 0.29) is 18.9 Å². The number of sulfone groups is 1. The minimum Gasteiger partial charge on any atom is -0.384 e. The maximum absolute atomic E-state index is 12.0. The van der Waals surface area contributed by atoms with E-state index in [2.05, 4.69) is 16.0 Å². The molecule has 0 aliphatic heterocycles. The molecular formula is C11H16N4O4S. The van der Waals surface area contributed by atoms with Crippen molar-refractivity contribution in [2.45, 2.75) is 12.1 Å². The van der Waals surface area contributed by atoms with E-state index in [0.29, 0.717) is 6.54 Å². The summed E-state index contributed by atoms with van der Waals surface area (Å²) in [6.07, 6.45) is 6.21. The molecular weight excluding hydrogens is 284 g/mol. The van der Waals surface area contributed by atoms with Crippen LogP contribution in [-0.4, -0.2) is 66.7 Å². The molecule has 0 spiro atoms. The van der Waals surface area contributed by atoms with Gasteiger partial charge in [-0.25, -0.2) is 18.2 Å². The number of hydrogen-bond donors (Lipinski definition) is 0. The highest BCUT2D eigenvalue weighted by molar-refractivity contribution is 7.91. The van der Waals surface area contributed by atoms with Crippen LogP contribution in [0.2, 0.25) is 0 Å². The molecule has 20 heavy (non-hydrogen) atoms. The Kier molecular flexibility index (Phi) is 5.66. The highest BCUT2D eigenvalue weighted by Crippen LogP contribution is 2.05. The topological polar surface area (TPSA) is 94.4 Å². The van der Waals surface area contributed by atoms with Gasteiger partial charge < -0.3 is 9.64 Å². The molecule has 1 aromatic heterocycles. The van der Waals surface area contributed by atoms with Crippen LogP contribution < -0.4 is 0 Å². The lowest BCUT2D eigenvalue weighted by Crippen LogP contribution is -2.35. The molecule has 110 valence electrons. The average molecular weight is 300 g/mol. The summed E-state index contributed by atoms with van der Waals surface area (Å²) in [5, 5.41) is 3.29. The standard InChI is InChI=1S/C11H16N4O4S/c1-4-6-14(5-2)11(16)15-9-12-10(13-15)20(17,18)8-7-19-3/h1,9H,5-8H2,2-3H3. The maximum Gasteiger partial charge on any atom is 0.346 e. The number of terminal acetylenes is 1. The van der Waals surface area contributed by atoms with E-state index in [4.69, 9.17) is 11.2 Å². The summed E-state index contributed by atoms with van der Waals surface area (Å²) in [5.41, 5.74) is 0. The molecule has 0 saturated heterocycles. The first-order valence-electron chi connectivity index (χ1n) is 5.82. The van der Waals surface area contributed by atoms with E-state index in [1.807, 2.05) is 0 Å². The SMILES string of the molecule is C#CCN(CC)C(=O)n1cnc(S(=O)(=O)CCOC)n1. The number of amides is 1. The van der Waals surface area contributed by atoms with Crippen LogP contribution in [0.3, 0.4) is 0 Å². The summed E-state index contributed by atoms with van der Waals surface area (Å²) in [5.74, 6) is 2.10. The highest BCUT2D eigenvalue weighted by Gasteiger charge is 2.22. The number of nitrogens with zero attached hydrogens (tertiary/aromatic N) is 4. The molecule has 0 N–H and O–H groups in total. The van der Waals surface area contributed by atoms with Gasteiger partial charge >= 0.3 is 6.03 Å². The average Bonchev–Trinajstić information content (AvgIpc) is 2.92. The zero-order chi connectivity index (χ0) is 15.2. The second-order valence-electron chi connectivity index (χ2n) is 3.78. The van der Waals surface area contributed by atoms with E-state index in [1.165, 1.54) is 12.0 Å². The van der Waals surface area contributed by atoms with Crippen LogP contribution in [0.1, 0.15) is 6.92 Å². The fraction of sp³-hybridized carbons (Fsp3) is 0.545. The van der Waals surface area contributed by atoms with Gasteiger partial charge in [-0.2, -0.15) is 4.68 Å². The Hall–Kier alpha value is -1.92. The first kappa shape index (κ1) is 16.1. The molecule has 0 aliphatic carbocycles. The first-order valence-corrected chi connectivity index (χ1v) is 7.47. The molecule has 0 fully saturated rings. The van der Waals surface area contributed by atoms with Crippen LogP contribution in [0.15, 0.2) is 11.5 Å². The Morgan fingerprint density at radius 3 is 2.85 bits per heavy atom. The Bertz CT molecular complexity index is 602. The van der Waals surface area contributed by atoms with Crippen molar-refractivity contribution < 1.29 is 17.9 Å². The van der Waals surface area contributed by atoms with Crippen LogP contribution >= 0.6 is 0 Å². The molecule has 0 aromatic carbocycles. The minimum absolute atomic E-state index is 0.0308. The monoisotopic (exact) mass is 300 g/mol. The van der Waals surface area contributed by atoms with Crippen molar-refractivity contribution in [2.24, 2.45) is 0 Å². The molecule has 0 saturated carbocycles. The molecule has 0 radical (unpaired) electrons. The van der Waals surface area contributed by atoms with Gasteiger partial charge in [-0.1, -0.05) is 5.92 Å². The summed E-state index contributed by atoms with van der Waals surface area (Å²) in [7, 11) is -2.27. The lowest BCUT2D eigenvalue weighted by Gasteiger charge is -2.16. The normalized spacial score (nSPS) is 11.1. The van der Waals surface area contributed by atoms with Crippen LogP contribution in [-0.2, 0) is 14.6 Å². The molecule has 0 unspecified atom stereocenters. The molecule has 1 aromatic rings. The largest absolute Gasteiger partial charge is 0.384 e. The van der Waals surface area contributed by atoms with E-state index < -0.39 is 21.0 Å². The van der Waals surface area contributed by atoms with Gasteiger partial charge in [0.05, 0.1) is 18.9 Å². The molecule has 1 heterocycles. The van der Waals surface area contributed by atoms with Crippen LogP contribution in [0.5, 0.6) is 0 Å². The summed E-state index contributed by atoms with van der Waals surface area (Å²) < 4.78 is 29.2. The molecule has 8 nitrogen and oxygen atoms in total. The third-order valence-electron chi connectivity index (χ3n) is 2.44. The predicted octanol–water partition coefficient (Wildman–Crippen LogP) is -0.379. The fourth-order valence-electron chi connectivity index (χ4n) is 1.34. The van der Waals surface area contributed by atoms with Crippen LogP contribution in [0.4, 0.5) is 4.79 Å². The smallest absolute Gasteiger partial charge is 0.346 e. The third-order valence-corrected chi connectivity index (χ3v) is 3.88. The van der Waals surface area contributed by atoms with Crippen molar-refractivity contribution in [3.05, 3.63) is 6.33 Å². The van der Waals surface area contributed by atoms with Crippen molar-refractivity contribution in [3.63, 3.8) is 0 Å². The van der Waals surface area contributed by atoms with Crippen molar-refractivity contribution in [1.82, 2.24) is 19.7 Å². The van der Waals surface area contributed by atoms with Crippen molar-refractivity contribution in [3.8, 4) is 12.3 Å². The molecule has 0 bridgehead atoms. The quantitative estimate of drug-likeness (QED) is 0.665. The zero-order valence-electron chi connectivity index (χ0n) is 11.3. The molecule has 0 atom stereocenters. The number of carbonyl (C=O) groups is 1. The minimum atomic E-state index is -3.66. The first-order chi connectivity index (χ1) is 9.46. The molecule has 1 rings (SSSR count). The summed E-state index contributed by atoms with van der Waals surface area (Å²) >= 11 is 0. The van der Waals surface area contributed by atoms with Crippen molar-refractivity contribution in [2.75, 3.05) is 32.6 Å². The van der Waals surface area contributed by atoms with Crippen molar-refractivity contribution in [1.29, 1.82) is 0 Å². The van der Waals surface area contributed by atoms with Gasteiger partial charge in [0.2, 0.25) is 9.84 Å². The van der Waals surface area contributed by atoms with E-state index in [1.54, 1.807) is 6.92 Å². The second kappa shape index (κ2) is 7.02. The number of carbonyl (C=O) groups excluding carboxylic acids is 1. The Labute approximate surface area is 117 Å². The van der Waals surface area contributed by atoms with Crippen molar-refractivity contribution >= 4 is 15.9 Å². The van der Waals surface area contributed by atoms with Crippen LogP contribution in [0.25, 0.3) is 0 Å². The van der Waals surface area contributed by atoms with E-state index in [0.717, 1.165) is 11.0 Å². The highest BCUT2D eigenvalue weighted by atomic mass is 32.2. The second-order valence-corrected chi connectivity index (χ2v) is 5.79. The van der Waals surface area contributed by atoms with Gasteiger partial charge in [0.15, 0.2) is 0 Å². The Morgan fingerprint density at radius 1 is 1.60 bits per heavy atom. The summed E-state index contributed by atoms with van der Waals surface area (Å²) in [4.78, 5) is 17.0. The van der Waals surface area contributed by atoms with Gasteiger partial charge in [-0.15, -0.1) is 11.5 Å². The Balaban J connectivity index is 2.92. The number of methoxy groups -OCH3 is 1. The van der Waals surface area contributed by atoms with Gasteiger partial charge in [0, 0.05) is 13.7 Å². The summed E-state index contributed by atoms with van der Waals surface area (Å²) in [6, 6.07) is -0.522. The summed E-state index contributed by atoms with van der Waals surface area (Å²) in [6.45, 7) is 2.28. The van der Waals surface area contributed by atoms with Gasteiger partial charge in [0.25, 0.3) is 5.16 Å². The van der Waals surface area contributed by atoms with Gasteiger partial charge in [-0.3, -0.25) is 0 Å². The lowest BCUT2D eigenvalue weighted by molar-refractivity contribution is 0.204. The predicted molar refractivity (Wildman–Crippen MR) is 70.8 cm³/mol. The van der Waals surface area contributed by atoms with E-state index in [9.17, 15) is 13.2 Å². The van der Waals surface area contributed by atoms with Gasteiger partial charge in [0.1, 0.15) is 6.33 Å². The zero-order valence-corrected chi connectivity index (χ0v) is 12.1. The number of ether oxygens (including phenoxy) is 1. The number of aromatic nitrogens is 3. The lowest BCUT2D eigenvalue weighted by atomic mass is 10.5. The van der Waals surface area contributed by atoms with Gasteiger partial charge in [-0.05, 0) is 6.92 Å². The number of rotatable bonds is 6. The third kappa shape index (κ3) is 3.79. The van der Waals surface area contributed by atoms with E-state index >= 15 is 0 Å². The fourth-order valence-corrected chi connectivity index (χ4v) is 2.33. The molecule has 1 amide bonds. The number of hydrogen-bond acceptors (Lipinski definition) is 6. The molecule has 9 heteroatoms. The maximum atomic E-state index is 12.0.